The molecular weight excluding hydrogens is 340 g/mol. The number of nitrogens with zero attached hydrogens (tertiary/aromatic N) is 1. The number of thiocarbonyl (C=S) groups is 1. The third-order valence-electron chi connectivity index (χ3n) is 3.04. The number of para-hydroxylation sites is 1. The van der Waals surface area contributed by atoms with E-state index in [1.807, 2.05) is 0 Å². The summed E-state index contributed by atoms with van der Waals surface area (Å²) in [5, 5.41) is 18.9. The molecule has 0 aromatic heterocycles. The van der Waals surface area contributed by atoms with E-state index in [1.165, 1.54) is 12.1 Å². The number of rotatable bonds is 5. The van der Waals surface area contributed by atoms with Gasteiger partial charge in [-0.25, -0.2) is 4.79 Å². The second-order valence-electron chi connectivity index (χ2n) is 4.64. The van der Waals surface area contributed by atoms with Crippen molar-refractivity contribution in [2.45, 2.75) is 12.5 Å². The van der Waals surface area contributed by atoms with Gasteiger partial charge >= 0.3 is 5.97 Å². The Bertz CT molecular complexity index is 732. The van der Waals surface area contributed by atoms with Crippen LogP contribution in [0.25, 0.3) is 6.08 Å². The van der Waals surface area contributed by atoms with Crippen molar-refractivity contribution in [1.82, 2.24) is 4.90 Å². The summed E-state index contributed by atoms with van der Waals surface area (Å²) in [6.45, 7) is 0. The Balaban J connectivity index is 2.34. The number of carbonyl (C=O) groups is 3. The average molecular weight is 352 g/mol. The van der Waals surface area contributed by atoms with Crippen molar-refractivity contribution in [1.29, 1.82) is 0 Å². The molecule has 1 aromatic rings. The molecule has 2 amide bonds. The zero-order valence-electron chi connectivity index (χ0n) is 11.6. The maximum absolute atomic E-state index is 12.4. The lowest BCUT2D eigenvalue weighted by Crippen LogP contribution is -2.46. The Morgan fingerprint density at radius 1 is 1.39 bits per heavy atom. The molecule has 1 fully saturated rings. The number of hydrogen-bond acceptors (Lipinski definition) is 6. The first kappa shape index (κ1) is 17.0. The fourth-order valence-corrected chi connectivity index (χ4v) is 3.33. The number of aliphatic carboxylic acids is 1. The standard InChI is InChI=1S/C14H12N2O5S2/c15-11(18)6-8(13(20)21)16-12(19)10(23-14(16)22)5-7-3-1-2-4-9(7)17/h1-5,8,17H,6H2,(H2,15,18)(H,20,21)/b10-5-. The number of nitrogens with two attached hydrogens (primary N) is 1. The normalized spacial score (nSPS) is 17.6. The lowest BCUT2D eigenvalue weighted by atomic mass is 10.1. The molecule has 0 aliphatic carbocycles. The van der Waals surface area contributed by atoms with Crippen LogP contribution >= 0.6 is 24.0 Å². The molecule has 1 aliphatic heterocycles. The number of aromatic hydroxyl groups is 1. The van der Waals surface area contributed by atoms with Gasteiger partial charge in [-0.3, -0.25) is 14.5 Å². The van der Waals surface area contributed by atoms with Crippen LogP contribution in [0.5, 0.6) is 5.75 Å². The van der Waals surface area contributed by atoms with Gasteiger partial charge in [0, 0.05) is 5.56 Å². The van der Waals surface area contributed by atoms with Gasteiger partial charge in [0.2, 0.25) is 5.91 Å². The van der Waals surface area contributed by atoms with Gasteiger partial charge in [-0.15, -0.1) is 0 Å². The van der Waals surface area contributed by atoms with Crippen LogP contribution in [0.4, 0.5) is 0 Å². The summed E-state index contributed by atoms with van der Waals surface area (Å²) in [5.41, 5.74) is 5.43. The fourth-order valence-electron chi connectivity index (χ4n) is 1.98. The molecule has 1 heterocycles. The van der Waals surface area contributed by atoms with E-state index in [2.05, 4.69) is 0 Å². The minimum atomic E-state index is -1.45. The van der Waals surface area contributed by atoms with Gasteiger partial charge in [-0.1, -0.05) is 42.2 Å². The summed E-state index contributed by atoms with van der Waals surface area (Å²) in [7, 11) is 0. The van der Waals surface area contributed by atoms with Crippen molar-refractivity contribution in [2.75, 3.05) is 0 Å². The molecule has 4 N–H and O–H groups in total. The van der Waals surface area contributed by atoms with Gasteiger partial charge in [-0.05, 0) is 12.1 Å². The summed E-state index contributed by atoms with van der Waals surface area (Å²) in [6, 6.07) is 4.92. The molecule has 7 nitrogen and oxygen atoms in total. The van der Waals surface area contributed by atoms with Crippen LogP contribution in [0.15, 0.2) is 29.2 Å². The number of carboxylic acids is 1. The molecule has 1 saturated heterocycles. The van der Waals surface area contributed by atoms with Crippen molar-refractivity contribution in [2.24, 2.45) is 5.73 Å². The van der Waals surface area contributed by atoms with Crippen molar-refractivity contribution in [3.05, 3.63) is 34.7 Å². The van der Waals surface area contributed by atoms with E-state index < -0.39 is 30.2 Å². The summed E-state index contributed by atoms with van der Waals surface area (Å²) in [4.78, 5) is 35.8. The quantitative estimate of drug-likeness (QED) is 0.532. The molecule has 23 heavy (non-hydrogen) atoms. The predicted molar refractivity (Wildman–Crippen MR) is 88.4 cm³/mol. The number of primary amides is 1. The van der Waals surface area contributed by atoms with Crippen LogP contribution in [0.1, 0.15) is 12.0 Å². The largest absolute Gasteiger partial charge is 0.507 e. The highest BCUT2D eigenvalue weighted by molar-refractivity contribution is 8.26. The summed E-state index contributed by atoms with van der Waals surface area (Å²) >= 11 is 5.94. The number of benzene rings is 1. The summed E-state index contributed by atoms with van der Waals surface area (Å²) in [6.07, 6.45) is 0.878. The van der Waals surface area contributed by atoms with Crippen LogP contribution in [-0.4, -0.2) is 43.3 Å². The Labute approximate surface area is 140 Å². The van der Waals surface area contributed by atoms with E-state index in [4.69, 9.17) is 18.0 Å². The molecule has 0 saturated carbocycles. The highest BCUT2D eigenvalue weighted by atomic mass is 32.2. The van der Waals surface area contributed by atoms with Gasteiger partial charge in [0.1, 0.15) is 16.1 Å². The first-order valence-electron chi connectivity index (χ1n) is 6.37. The molecule has 1 atom stereocenters. The van der Waals surface area contributed by atoms with Crippen LogP contribution in [0, 0.1) is 0 Å². The van der Waals surface area contributed by atoms with Crippen molar-refractivity contribution in [3.63, 3.8) is 0 Å². The topological polar surface area (TPSA) is 121 Å². The number of hydrogen-bond donors (Lipinski definition) is 3. The smallest absolute Gasteiger partial charge is 0.327 e. The number of thioether (sulfide) groups is 1. The van der Waals surface area contributed by atoms with E-state index in [0.29, 0.717) is 5.56 Å². The second kappa shape index (κ2) is 6.80. The zero-order valence-corrected chi connectivity index (χ0v) is 13.3. The van der Waals surface area contributed by atoms with Crippen LogP contribution < -0.4 is 5.73 Å². The molecule has 0 radical (unpaired) electrons. The number of phenols is 1. The molecule has 1 aliphatic rings. The van der Waals surface area contributed by atoms with E-state index >= 15 is 0 Å². The van der Waals surface area contributed by atoms with Crippen molar-refractivity contribution >= 4 is 52.2 Å². The highest BCUT2D eigenvalue weighted by Gasteiger charge is 2.41. The fraction of sp³-hybridized carbons (Fsp3) is 0.143. The minimum absolute atomic E-state index is 0.0188. The molecule has 9 heteroatoms. The van der Waals surface area contributed by atoms with E-state index in [0.717, 1.165) is 16.7 Å². The molecule has 0 spiro atoms. The number of carboxylic acid groups (broad SMARTS) is 1. The lowest BCUT2D eigenvalue weighted by molar-refractivity contribution is -0.146. The molecule has 1 unspecified atom stereocenters. The van der Waals surface area contributed by atoms with Gasteiger partial charge in [0.05, 0.1) is 11.3 Å². The lowest BCUT2D eigenvalue weighted by Gasteiger charge is -2.21. The molecule has 120 valence electrons. The Morgan fingerprint density at radius 3 is 2.61 bits per heavy atom. The Hall–Kier alpha value is -2.39. The molecule has 1 aromatic carbocycles. The van der Waals surface area contributed by atoms with Crippen LogP contribution in [-0.2, 0) is 14.4 Å². The summed E-state index contributed by atoms with van der Waals surface area (Å²) in [5.74, 6) is -2.89. The molecular formula is C14H12N2O5S2. The third kappa shape index (κ3) is 3.69. The molecule has 0 bridgehead atoms. The van der Waals surface area contributed by atoms with Gasteiger partial charge in [-0.2, -0.15) is 0 Å². The van der Waals surface area contributed by atoms with Crippen LogP contribution in [0.2, 0.25) is 0 Å². The SMILES string of the molecule is NC(=O)CC(C(=O)O)N1C(=O)/C(=C/c2ccccc2O)SC1=S. The first-order chi connectivity index (χ1) is 10.8. The van der Waals surface area contributed by atoms with E-state index in [1.54, 1.807) is 18.2 Å². The average Bonchev–Trinajstić information content (AvgIpc) is 2.73. The van der Waals surface area contributed by atoms with Crippen molar-refractivity contribution in [3.8, 4) is 5.75 Å². The number of carbonyl (C=O) groups excluding carboxylic acids is 2. The Kier molecular flexibility index (Phi) is 5.02. The number of phenolic OH excluding ortho intramolecular Hbond substituents is 1. The Morgan fingerprint density at radius 2 is 2.04 bits per heavy atom. The van der Waals surface area contributed by atoms with E-state index in [9.17, 15) is 24.6 Å². The van der Waals surface area contributed by atoms with E-state index in [-0.39, 0.29) is 15.0 Å². The predicted octanol–water partition coefficient (Wildman–Crippen LogP) is 0.922. The summed E-state index contributed by atoms with van der Waals surface area (Å²) < 4.78 is 0.0188. The molecule has 2 rings (SSSR count). The van der Waals surface area contributed by atoms with Gasteiger partial charge in [0.25, 0.3) is 5.91 Å². The van der Waals surface area contributed by atoms with Crippen molar-refractivity contribution < 1.29 is 24.6 Å². The van der Waals surface area contributed by atoms with Crippen LogP contribution in [0.3, 0.4) is 0 Å². The zero-order chi connectivity index (χ0) is 17.1. The number of amides is 2. The maximum Gasteiger partial charge on any atom is 0.327 e. The minimum Gasteiger partial charge on any atom is -0.507 e. The monoisotopic (exact) mass is 352 g/mol. The first-order valence-corrected chi connectivity index (χ1v) is 7.60. The maximum atomic E-state index is 12.4. The van der Waals surface area contributed by atoms with Gasteiger partial charge in [0.15, 0.2) is 0 Å². The highest BCUT2D eigenvalue weighted by Crippen LogP contribution is 2.35. The van der Waals surface area contributed by atoms with Gasteiger partial charge < -0.3 is 15.9 Å². The second-order valence-corrected chi connectivity index (χ2v) is 6.31. The third-order valence-corrected chi connectivity index (χ3v) is 4.37.